The number of nitrogens with zero attached hydrogens (tertiary/aromatic N) is 1. The van der Waals surface area contributed by atoms with Crippen molar-refractivity contribution >= 4 is 47.1 Å². The van der Waals surface area contributed by atoms with Crippen LogP contribution in [-0.4, -0.2) is 31.7 Å². The molecule has 2 heterocycles. The first-order valence-corrected chi connectivity index (χ1v) is 10.9. The summed E-state index contributed by atoms with van der Waals surface area (Å²) in [6, 6.07) is 14.4. The highest BCUT2D eigenvalue weighted by Gasteiger charge is 2.26. The van der Waals surface area contributed by atoms with E-state index >= 15 is 0 Å². The zero-order valence-electron chi connectivity index (χ0n) is 18.0. The Kier molecular flexibility index (Phi) is 6.07. The van der Waals surface area contributed by atoms with Gasteiger partial charge in [0.15, 0.2) is 28.7 Å². The molecule has 35 heavy (non-hydrogen) atoms. The van der Waals surface area contributed by atoms with Gasteiger partial charge in [-0.15, -0.1) is 0 Å². The number of aliphatic imine (C=N–C) groups is 1. The number of halogens is 2. The summed E-state index contributed by atoms with van der Waals surface area (Å²) in [5.74, 6) is 0.470. The second kappa shape index (κ2) is 9.32. The van der Waals surface area contributed by atoms with Crippen LogP contribution in [0.15, 0.2) is 65.3 Å². The second-order valence-electron chi connectivity index (χ2n) is 7.33. The van der Waals surface area contributed by atoms with Gasteiger partial charge in [-0.1, -0.05) is 29.3 Å². The molecule has 0 spiro atoms. The van der Waals surface area contributed by atoms with Gasteiger partial charge >= 0.3 is 11.9 Å². The normalized spacial score (nSPS) is 15.1. The Balaban J connectivity index is 1.38. The summed E-state index contributed by atoms with van der Waals surface area (Å²) < 4.78 is 26.8. The van der Waals surface area contributed by atoms with E-state index in [9.17, 15) is 9.59 Å². The van der Waals surface area contributed by atoms with E-state index in [0.29, 0.717) is 27.6 Å². The van der Waals surface area contributed by atoms with Gasteiger partial charge < -0.3 is 23.7 Å². The number of carbonyl (C=O) groups excluding carboxylic acids is 2. The van der Waals surface area contributed by atoms with E-state index in [1.807, 2.05) is 0 Å². The molecule has 0 amide bonds. The minimum atomic E-state index is -0.673. The van der Waals surface area contributed by atoms with Gasteiger partial charge in [-0.05, 0) is 60.2 Å². The van der Waals surface area contributed by atoms with Crippen molar-refractivity contribution in [2.24, 2.45) is 4.99 Å². The molecule has 0 unspecified atom stereocenters. The standard InChI is InChI=1S/C25H15Cl2NO7/c1-31-21-9-13(2-6-20(21)34-24(29)16-5-4-15(26)11-17(16)27)8-18-25(30)35-23(28-18)14-3-7-19-22(10-14)33-12-32-19/h2-11H,12H2,1H3/b18-8+. The number of hydrogen-bond acceptors (Lipinski definition) is 8. The second-order valence-corrected chi connectivity index (χ2v) is 8.17. The summed E-state index contributed by atoms with van der Waals surface area (Å²) in [6.07, 6.45) is 1.53. The Morgan fingerprint density at radius 2 is 1.83 bits per heavy atom. The molecule has 176 valence electrons. The van der Waals surface area contributed by atoms with Crippen molar-refractivity contribution in [1.29, 1.82) is 0 Å². The van der Waals surface area contributed by atoms with Gasteiger partial charge in [0.1, 0.15) is 0 Å². The van der Waals surface area contributed by atoms with E-state index in [2.05, 4.69) is 4.99 Å². The molecule has 0 aliphatic carbocycles. The van der Waals surface area contributed by atoms with Gasteiger partial charge in [-0.2, -0.15) is 0 Å². The third-order valence-corrected chi connectivity index (χ3v) is 5.63. The number of cyclic esters (lactones) is 1. The molecule has 0 N–H and O–H groups in total. The van der Waals surface area contributed by atoms with Gasteiger partial charge in [-0.25, -0.2) is 14.6 Å². The Morgan fingerprint density at radius 3 is 2.63 bits per heavy atom. The molecule has 0 atom stereocenters. The van der Waals surface area contributed by atoms with Crippen LogP contribution in [0.3, 0.4) is 0 Å². The first-order chi connectivity index (χ1) is 16.9. The Labute approximate surface area is 209 Å². The highest BCUT2D eigenvalue weighted by atomic mass is 35.5. The fraction of sp³-hybridized carbons (Fsp3) is 0.0800. The molecule has 8 nitrogen and oxygen atoms in total. The molecule has 10 heteroatoms. The van der Waals surface area contributed by atoms with Crippen LogP contribution in [0, 0.1) is 0 Å². The lowest BCUT2D eigenvalue weighted by molar-refractivity contribution is -0.129. The van der Waals surface area contributed by atoms with Crippen LogP contribution in [-0.2, 0) is 9.53 Å². The van der Waals surface area contributed by atoms with Gasteiger partial charge in [0.25, 0.3) is 0 Å². The lowest BCUT2D eigenvalue weighted by atomic mass is 10.1. The van der Waals surface area contributed by atoms with Crippen LogP contribution in [0.2, 0.25) is 10.0 Å². The van der Waals surface area contributed by atoms with E-state index in [0.717, 1.165) is 0 Å². The average Bonchev–Trinajstić information content (AvgIpc) is 3.45. The van der Waals surface area contributed by atoms with Crippen molar-refractivity contribution in [3.63, 3.8) is 0 Å². The van der Waals surface area contributed by atoms with Gasteiger partial charge in [0, 0.05) is 10.6 Å². The number of fused-ring (bicyclic) bond motifs is 1. The first kappa shape index (κ1) is 22.8. The van der Waals surface area contributed by atoms with Crippen molar-refractivity contribution in [2.45, 2.75) is 0 Å². The first-order valence-electron chi connectivity index (χ1n) is 10.2. The molecule has 3 aromatic carbocycles. The van der Waals surface area contributed by atoms with Crippen LogP contribution in [0.4, 0.5) is 0 Å². The predicted octanol–water partition coefficient (Wildman–Crippen LogP) is 5.29. The number of benzene rings is 3. The van der Waals surface area contributed by atoms with E-state index in [1.165, 1.54) is 37.5 Å². The maximum atomic E-state index is 12.5. The van der Waals surface area contributed by atoms with Crippen LogP contribution < -0.4 is 18.9 Å². The fourth-order valence-corrected chi connectivity index (χ4v) is 3.87. The van der Waals surface area contributed by atoms with Crippen LogP contribution in [0.1, 0.15) is 21.5 Å². The lowest BCUT2D eigenvalue weighted by Gasteiger charge is -2.11. The van der Waals surface area contributed by atoms with Crippen molar-refractivity contribution in [3.05, 3.63) is 87.0 Å². The minimum Gasteiger partial charge on any atom is -0.493 e. The Morgan fingerprint density at radius 1 is 1.00 bits per heavy atom. The average molecular weight is 512 g/mol. The van der Waals surface area contributed by atoms with Gasteiger partial charge in [0.2, 0.25) is 12.7 Å². The third kappa shape index (κ3) is 4.66. The summed E-state index contributed by atoms with van der Waals surface area (Å²) in [5.41, 5.74) is 1.40. The molecule has 0 aromatic heterocycles. The summed E-state index contributed by atoms with van der Waals surface area (Å²) in [4.78, 5) is 29.2. The smallest absolute Gasteiger partial charge is 0.363 e. The molecule has 2 aliphatic rings. The monoisotopic (exact) mass is 511 g/mol. The molecule has 5 rings (SSSR count). The van der Waals surface area contributed by atoms with E-state index in [1.54, 1.807) is 30.3 Å². The number of ether oxygens (including phenoxy) is 5. The number of esters is 2. The SMILES string of the molecule is COc1cc(/C=C2/N=C(c3ccc4c(c3)OCO4)OC2=O)ccc1OC(=O)c1ccc(Cl)cc1Cl. The third-order valence-electron chi connectivity index (χ3n) is 5.08. The molecular weight excluding hydrogens is 497 g/mol. The van der Waals surface area contributed by atoms with Gasteiger partial charge in [0.05, 0.1) is 17.7 Å². The quantitative estimate of drug-likeness (QED) is 0.261. The zero-order valence-corrected chi connectivity index (χ0v) is 19.6. The molecule has 0 bridgehead atoms. The maximum absolute atomic E-state index is 12.5. The summed E-state index contributed by atoms with van der Waals surface area (Å²) in [5, 5.41) is 0.565. The zero-order chi connectivity index (χ0) is 24.5. The summed E-state index contributed by atoms with van der Waals surface area (Å²) >= 11 is 12.0. The molecule has 0 saturated heterocycles. The Bertz CT molecular complexity index is 1430. The van der Waals surface area contributed by atoms with Crippen molar-refractivity contribution < 1.29 is 33.3 Å². The van der Waals surface area contributed by atoms with Crippen molar-refractivity contribution in [1.82, 2.24) is 0 Å². The molecule has 0 fully saturated rings. The predicted molar refractivity (Wildman–Crippen MR) is 128 cm³/mol. The summed E-state index contributed by atoms with van der Waals surface area (Å²) in [6.45, 7) is 0.135. The highest BCUT2D eigenvalue weighted by Crippen LogP contribution is 2.34. The molecule has 0 saturated carbocycles. The van der Waals surface area contributed by atoms with E-state index < -0.39 is 11.9 Å². The molecule has 2 aliphatic heterocycles. The van der Waals surface area contributed by atoms with Gasteiger partial charge in [-0.3, -0.25) is 0 Å². The number of hydrogen-bond donors (Lipinski definition) is 0. The summed E-state index contributed by atoms with van der Waals surface area (Å²) in [7, 11) is 1.43. The molecule has 3 aromatic rings. The lowest BCUT2D eigenvalue weighted by Crippen LogP contribution is -2.10. The highest BCUT2D eigenvalue weighted by molar-refractivity contribution is 6.36. The number of methoxy groups -OCH3 is 1. The fourth-order valence-electron chi connectivity index (χ4n) is 3.39. The Hall–Kier alpha value is -4.01. The van der Waals surface area contributed by atoms with Crippen molar-refractivity contribution in [3.8, 4) is 23.0 Å². The maximum Gasteiger partial charge on any atom is 0.363 e. The topological polar surface area (TPSA) is 92.7 Å². The van der Waals surface area contributed by atoms with Crippen LogP contribution in [0.25, 0.3) is 6.08 Å². The molecule has 0 radical (unpaired) electrons. The van der Waals surface area contributed by atoms with Crippen LogP contribution >= 0.6 is 23.2 Å². The van der Waals surface area contributed by atoms with Crippen molar-refractivity contribution in [2.75, 3.05) is 13.9 Å². The molecular formula is C25H15Cl2NO7. The largest absolute Gasteiger partial charge is 0.493 e. The van der Waals surface area contributed by atoms with E-state index in [4.69, 9.17) is 46.9 Å². The number of rotatable bonds is 5. The number of carbonyl (C=O) groups is 2. The van der Waals surface area contributed by atoms with Crippen LogP contribution in [0.5, 0.6) is 23.0 Å². The minimum absolute atomic E-state index is 0.0948. The van der Waals surface area contributed by atoms with E-state index in [-0.39, 0.29) is 40.5 Å².